The molecule has 3 N–H and O–H groups in total. The number of amidine groups is 1. The largest absolute Gasteiger partial charge is 0.384 e. The Labute approximate surface area is 180 Å². The molecule has 1 fully saturated rings. The quantitative estimate of drug-likeness (QED) is 0.319. The molecule has 0 spiro atoms. The van der Waals surface area contributed by atoms with Gasteiger partial charge >= 0.3 is 11.9 Å². The van der Waals surface area contributed by atoms with Crippen LogP contribution in [0.4, 0.5) is 0 Å². The molecule has 1 saturated carbocycles. The molecule has 1 atom stereocenters. The topological polar surface area (TPSA) is 120 Å². The van der Waals surface area contributed by atoms with E-state index < -0.39 is 23.8 Å². The molecule has 8 heteroatoms. The molecule has 0 heterocycles. The second-order valence-electron chi connectivity index (χ2n) is 7.36. The van der Waals surface area contributed by atoms with Crippen molar-refractivity contribution in [2.45, 2.75) is 32.1 Å². The summed E-state index contributed by atoms with van der Waals surface area (Å²) in [6.07, 6.45) is 4.53. The van der Waals surface area contributed by atoms with Crippen LogP contribution in [0.5, 0.6) is 0 Å². The van der Waals surface area contributed by atoms with E-state index in [4.69, 9.17) is 15.4 Å². The first-order valence-electron chi connectivity index (χ1n) is 10.2. The number of nitrogens with zero attached hydrogens (tertiary/aromatic N) is 1. The molecule has 1 aliphatic carbocycles. The SMILES string of the molecule is N/C(=N\OC(=O)c1ccccc1)C(C(=O)NOC(=O)c1ccccc1)C1CCCCC1. The van der Waals surface area contributed by atoms with Gasteiger partial charge in [-0.05, 0) is 43.0 Å². The van der Waals surface area contributed by atoms with Gasteiger partial charge in [-0.3, -0.25) is 4.79 Å². The zero-order valence-corrected chi connectivity index (χ0v) is 17.0. The molecule has 0 bridgehead atoms. The fourth-order valence-electron chi connectivity index (χ4n) is 3.63. The Morgan fingerprint density at radius 3 is 2.00 bits per heavy atom. The van der Waals surface area contributed by atoms with E-state index in [9.17, 15) is 14.4 Å². The fraction of sp³-hybridized carbons (Fsp3) is 0.304. The van der Waals surface area contributed by atoms with Crippen LogP contribution in [-0.2, 0) is 14.5 Å². The van der Waals surface area contributed by atoms with Gasteiger partial charge in [-0.1, -0.05) is 60.8 Å². The highest BCUT2D eigenvalue weighted by atomic mass is 16.7. The lowest BCUT2D eigenvalue weighted by atomic mass is 9.79. The summed E-state index contributed by atoms with van der Waals surface area (Å²) in [7, 11) is 0. The summed E-state index contributed by atoms with van der Waals surface area (Å²) >= 11 is 0. The molecule has 0 radical (unpaired) electrons. The lowest BCUT2D eigenvalue weighted by Crippen LogP contribution is -2.44. The van der Waals surface area contributed by atoms with Crippen LogP contribution in [0.3, 0.4) is 0 Å². The van der Waals surface area contributed by atoms with Gasteiger partial charge in [0.1, 0.15) is 5.92 Å². The molecule has 8 nitrogen and oxygen atoms in total. The van der Waals surface area contributed by atoms with E-state index >= 15 is 0 Å². The van der Waals surface area contributed by atoms with Gasteiger partial charge in [0.05, 0.1) is 11.1 Å². The molecule has 0 aliphatic heterocycles. The van der Waals surface area contributed by atoms with Crippen molar-refractivity contribution in [3.63, 3.8) is 0 Å². The molecule has 2 aromatic rings. The number of amides is 1. The number of nitrogens with two attached hydrogens (primary N) is 1. The highest BCUT2D eigenvalue weighted by Gasteiger charge is 2.34. The smallest absolute Gasteiger partial charge is 0.365 e. The van der Waals surface area contributed by atoms with Crippen molar-refractivity contribution in [2.24, 2.45) is 22.7 Å². The number of carbonyl (C=O) groups excluding carboxylic acids is 3. The Bertz CT molecular complexity index is 925. The number of nitrogens with one attached hydrogen (secondary N) is 1. The second-order valence-corrected chi connectivity index (χ2v) is 7.36. The fourth-order valence-corrected chi connectivity index (χ4v) is 3.63. The summed E-state index contributed by atoms with van der Waals surface area (Å²) in [5.41, 5.74) is 8.87. The van der Waals surface area contributed by atoms with E-state index in [1.165, 1.54) is 0 Å². The zero-order chi connectivity index (χ0) is 22.1. The van der Waals surface area contributed by atoms with Crippen LogP contribution < -0.4 is 11.2 Å². The van der Waals surface area contributed by atoms with Gasteiger partial charge in [-0.15, -0.1) is 0 Å². The van der Waals surface area contributed by atoms with Crippen LogP contribution in [0.1, 0.15) is 52.8 Å². The number of hydrogen-bond donors (Lipinski definition) is 2. The summed E-state index contributed by atoms with van der Waals surface area (Å²) in [5, 5.41) is 3.73. The Kier molecular flexibility index (Phi) is 7.75. The van der Waals surface area contributed by atoms with Crippen molar-refractivity contribution in [2.75, 3.05) is 0 Å². The van der Waals surface area contributed by atoms with Gasteiger partial charge in [-0.2, -0.15) is 5.48 Å². The Morgan fingerprint density at radius 2 is 1.42 bits per heavy atom. The third-order valence-corrected chi connectivity index (χ3v) is 5.22. The van der Waals surface area contributed by atoms with Crippen LogP contribution in [0.2, 0.25) is 0 Å². The minimum atomic E-state index is -0.882. The summed E-state index contributed by atoms with van der Waals surface area (Å²) in [4.78, 5) is 47.0. The number of carbonyl (C=O) groups is 3. The van der Waals surface area contributed by atoms with Crippen molar-refractivity contribution < 1.29 is 24.1 Å². The van der Waals surface area contributed by atoms with Crippen LogP contribution in [0.25, 0.3) is 0 Å². The molecular weight excluding hydrogens is 398 g/mol. The summed E-state index contributed by atoms with van der Waals surface area (Å²) < 4.78 is 0. The molecule has 3 rings (SSSR count). The highest BCUT2D eigenvalue weighted by Crippen LogP contribution is 2.30. The maximum absolute atomic E-state index is 12.8. The first-order valence-corrected chi connectivity index (χ1v) is 10.2. The first kappa shape index (κ1) is 22.0. The Hall–Kier alpha value is -3.68. The molecule has 31 heavy (non-hydrogen) atoms. The summed E-state index contributed by atoms with van der Waals surface area (Å²) in [6, 6.07) is 16.6. The Morgan fingerprint density at radius 1 is 0.871 bits per heavy atom. The van der Waals surface area contributed by atoms with Crippen molar-refractivity contribution >= 4 is 23.7 Å². The summed E-state index contributed by atoms with van der Waals surface area (Å²) in [6.45, 7) is 0. The maximum Gasteiger partial charge on any atom is 0.365 e. The second kappa shape index (κ2) is 10.9. The number of benzene rings is 2. The van der Waals surface area contributed by atoms with E-state index in [1.807, 2.05) is 0 Å². The number of hydrogen-bond acceptors (Lipinski definition) is 6. The van der Waals surface area contributed by atoms with Crippen molar-refractivity contribution in [1.82, 2.24) is 5.48 Å². The third kappa shape index (κ3) is 6.15. The maximum atomic E-state index is 12.8. The van der Waals surface area contributed by atoms with Crippen molar-refractivity contribution in [1.29, 1.82) is 0 Å². The van der Waals surface area contributed by atoms with Gasteiger partial charge in [0.2, 0.25) is 0 Å². The molecule has 0 saturated heterocycles. The molecule has 1 aliphatic rings. The van der Waals surface area contributed by atoms with Crippen LogP contribution in [-0.4, -0.2) is 23.7 Å². The average Bonchev–Trinajstić information content (AvgIpc) is 2.83. The van der Waals surface area contributed by atoms with Gasteiger partial charge in [0, 0.05) is 0 Å². The van der Waals surface area contributed by atoms with Gasteiger partial charge < -0.3 is 15.4 Å². The van der Waals surface area contributed by atoms with E-state index in [2.05, 4.69) is 10.6 Å². The van der Waals surface area contributed by atoms with E-state index in [0.29, 0.717) is 11.1 Å². The van der Waals surface area contributed by atoms with Crippen LogP contribution in [0, 0.1) is 11.8 Å². The van der Waals surface area contributed by atoms with Crippen molar-refractivity contribution in [3.8, 4) is 0 Å². The molecule has 2 aromatic carbocycles. The van der Waals surface area contributed by atoms with Gasteiger partial charge in [0.15, 0.2) is 5.84 Å². The zero-order valence-electron chi connectivity index (χ0n) is 17.0. The summed E-state index contributed by atoms with van der Waals surface area (Å²) in [5.74, 6) is -3.09. The normalized spacial score (nSPS) is 15.5. The van der Waals surface area contributed by atoms with E-state index in [0.717, 1.165) is 32.1 Å². The van der Waals surface area contributed by atoms with Crippen molar-refractivity contribution in [3.05, 3.63) is 71.8 Å². The monoisotopic (exact) mass is 423 g/mol. The minimum Gasteiger partial charge on any atom is -0.384 e. The standard InChI is InChI=1S/C23H25N3O5/c24-20(25-30-22(28)17-12-6-2-7-13-17)19(16-10-4-1-5-11-16)21(27)26-31-23(29)18-14-8-3-9-15-18/h2-3,6-9,12-16,19H,1,4-5,10-11H2,(H2,24,25)(H,26,27). The first-order chi connectivity index (χ1) is 15.1. The molecular formula is C23H25N3O5. The number of rotatable bonds is 6. The lowest BCUT2D eigenvalue weighted by molar-refractivity contribution is -0.133. The van der Waals surface area contributed by atoms with Crippen LogP contribution >= 0.6 is 0 Å². The Balaban J connectivity index is 1.68. The number of oxime groups is 1. The molecule has 162 valence electrons. The third-order valence-electron chi connectivity index (χ3n) is 5.22. The van der Waals surface area contributed by atoms with Crippen LogP contribution in [0.15, 0.2) is 65.8 Å². The predicted octanol–water partition coefficient (Wildman–Crippen LogP) is 3.20. The number of hydroxylamine groups is 1. The minimum absolute atomic E-state index is 0.0941. The molecule has 1 unspecified atom stereocenters. The van der Waals surface area contributed by atoms with Gasteiger partial charge in [-0.25, -0.2) is 9.59 Å². The molecule has 0 aromatic heterocycles. The van der Waals surface area contributed by atoms with Gasteiger partial charge in [0.25, 0.3) is 5.91 Å². The van der Waals surface area contributed by atoms with E-state index in [-0.39, 0.29) is 11.8 Å². The highest BCUT2D eigenvalue weighted by molar-refractivity contribution is 6.03. The lowest BCUT2D eigenvalue weighted by Gasteiger charge is -2.28. The molecule has 1 amide bonds. The average molecular weight is 423 g/mol. The van der Waals surface area contributed by atoms with E-state index in [1.54, 1.807) is 60.7 Å². The predicted molar refractivity (Wildman–Crippen MR) is 114 cm³/mol.